The summed E-state index contributed by atoms with van der Waals surface area (Å²) in [7, 11) is 0. The quantitative estimate of drug-likeness (QED) is 0.729. The van der Waals surface area contributed by atoms with E-state index in [1.807, 2.05) is 24.3 Å². The van der Waals surface area contributed by atoms with Crippen molar-refractivity contribution in [3.63, 3.8) is 0 Å². The summed E-state index contributed by atoms with van der Waals surface area (Å²) >= 11 is 1.26. The number of nitrogens with zero attached hydrogens (tertiary/aromatic N) is 2. The number of aryl methyl sites for hydroxylation is 1. The van der Waals surface area contributed by atoms with Crippen molar-refractivity contribution in [3.05, 3.63) is 41.8 Å². The zero-order valence-electron chi connectivity index (χ0n) is 11.3. The van der Waals surface area contributed by atoms with Crippen LogP contribution in [0.15, 0.2) is 44.5 Å². The fourth-order valence-corrected chi connectivity index (χ4v) is 2.45. The van der Waals surface area contributed by atoms with Gasteiger partial charge in [0.2, 0.25) is 5.91 Å². The highest BCUT2D eigenvalue weighted by Gasteiger charge is 2.09. The van der Waals surface area contributed by atoms with Gasteiger partial charge in [-0.1, -0.05) is 29.1 Å². The third kappa shape index (κ3) is 3.43. The zero-order valence-corrected chi connectivity index (χ0v) is 12.1. The van der Waals surface area contributed by atoms with Crippen molar-refractivity contribution in [3.8, 4) is 0 Å². The highest BCUT2D eigenvalue weighted by Crippen LogP contribution is 2.22. The van der Waals surface area contributed by atoms with E-state index in [1.54, 1.807) is 13.0 Å². The van der Waals surface area contributed by atoms with Gasteiger partial charge < -0.3 is 14.3 Å². The summed E-state index contributed by atoms with van der Waals surface area (Å²) in [5, 5.41) is 7.06. The van der Waals surface area contributed by atoms with Crippen molar-refractivity contribution in [2.45, 2.75) is 18.7 Å². The Balaban J connectivity index is 1.51. The van der Waals surface area contributed by atoms with Gasteiger partial charge in [-0.15, -0.1) is 0 Å². The number of carbonyl (C=O) groups excluding carboxylic acids is 1. The first-order valence-corrected chi connectivity index (χ1v) is 7.36. The summed E-state index contributed by atoms with van der Waals surface area (Å²) in [5.74, 6) is 0.854. The van der Waals surface area contributed by atoms with Crippen molar-refractivity contribution in [2.24, 2.45) is 0 Å². The van der Waals surface area contributed by atoms with Gasteiger partial charge in [-0.3, -0.25) is 4.79 Å². The maximum absolute atomic E-state index is 11.8. The van der Waals surface area contributed by atoms with Crippen molar-refractivity contribution in [1.29, 1.82) is 0 Å². The van der Waals surface area contributed by atoms with Crippen LogP contribution in [0.5, 0.6) is 0 Å². The molecule has 0 bridgehead atoms. The molecule has 3 rings (SSSR count). The van der Waals surface area contributed by atoms with E-state index in [4.69, 9.17) is 8.94 Å². The Morgan fingerprint density at radius 1 is 1.38 bits per heavy atom. The van der Waals surface area contributed by atoms with Gasteiger partial charge in [0.1, 0.15) is 17.0 Å². The van der Waals surface area contributed by atoms with Gasteiger partial charge in [0.25, 0.3) is 5.22 Å². The SMILES string of the molecule is Cc1cc(CNC(=O)CSc2nc3ccccc3o2)no1. The summed E-state index contributed by atoms with van der Waals surface area (Å²) < 4.78 is 10.5. The van der Waals surface area contributed by atoms with Crippen molar-refractivity contribution in [1.82, 2.24) is 15.5 Å². The Labute approximate surface area is 124 Å². The van der Waals surface area contributed by atoms with Gasteiger partial charge in [0.15, 0.2) is 5.58 Å². The molecule has 0 saturated heterocycles. The molecule has 7 heteroatoms. The minimum atomic E-state index is -0.108. The van der Waals surface area contributed by atoms with Crippen molar-refractivity contribution >= 4 is 28.8 Å². The molecule has 1 aromatic carbocycles. The predicted octanol–water partition coefficient (Wildman–Crippen LogP) is 2.53. The summed E-state index contributed by atoms with van der Waals surface area (Å²) in [6, 6.07) is 9.28. The van der Waals surface area contributed by atoms with E-state index in [0.29, 0.717) is 17.5 Å². The summed E-state index contributed by atoms with van der Waals surface area (Å²) in [6.07, 6.45) is 0. The third-order valence-electron chi connectivity index (χ3n) is 2.74. The Morgan fingerprint density at radius 3 is 3.00 bits per heavy atom. The lowest BCUT2D eigenvalue weighted by atomic mass is 10.3. The van der Waals surface area contributed by atoms with Gasteiger partial charge in [0.05, 0.1) is 12.3 Å². The van der Waals surface area contributed by atoms with E-state index >= 15 is 0 Å². The largest absolute Gasteiger partial charge is 0.431 e. The first-order chi connectivity index (χ1) is 10.2. The van der Waals surface area contributed by atoms with Crippen LogP contribution in [-0.4, -0.2) is 21.8 Å². The maximum Gasteiger partial charge on any atom is 0.257 e. The second-order valence-corrected chi connectivity index (χ2v) is 5.37. The molecule has 108 valence electrons. The van der Waals surface area contributed by atoms with Gasteiger partial charge in [-0.2, -0.15) is 0 Å². The molecule has 0 fully saturated rings. The molecule has 0 spiro atoms. The molecule has 0 aliphatic carbocycles. The minimum Gasteiger partial charge on any atom is -0.431 e. The Bertz CT molecular complexity index is 733. The number of rotatable bonds is 5. The molecular weight excluding hydrogens is 290 g/mol. The first-order valence-electron chi connectivity index (χ1n) is 6.38. The number of hydrogen-bond donors (Lipinski definition) is 1. The van der Waals surface area contributed by atoms with Crippen LogP contribution in [0.4, 0.5) is 0 Å². The summed E-state index contributed by atoms with van der Waals surface area (Å²) in [4.78, 5) is 16.0. The number of benzene rings is 1. The van der Waals surface area contributed by atoms with Crippen LogP contribution in [-0.2, 0) is 11.3 Å². The number of amides is 1. The number of para-hydroxylation sites is 2. The van der Waals surface area contributed by atoms with Crippen LogP contribution in [0.1, 0.15) is 11.5 Å². The van der Waals surface area contributed by atoms with Crippen LogP contribution >= 0.6 is 11.8 Å². The number of carbonyl (C=O) groups is 1. The Morgan fingerprint density at radius 2 is 2.24 bits per heavy atom. The maximum atomic E-state index is 11.8. The smallest absolute Gasteiger partial charge is 0.257 e. The molecule has 6 nitrogen and oxygen atoms in total. The van der Waals surface area contributed by atoms with Gasteiger partial charge in [0, 0.05) is 6.07 Å². The van der Waals surface area contributed by atoms with E-state index in [-0.39, 0.29) is 11.7 Å². The molecule has 0 saturated carbocycles. The number of hydrogen-bond acceptors (Lipinski definition) is 6. The van der Waals surface area contributed by atoms with E-state index in [9.17, 15) is 4.79 Å². The van der Waals surface area contributed by atoms with E-state index in [0.717, 1.165) is 16.9 Å². The standard InChI is InChI=1S/C14H13N3O3S/c1-9-6-10(17-20-9)7-15-13(18)8-21-14-16-11-4-2-3-5-12(11)19-14/h2-6H,7-8H2,1H3,(H,15,18). The second kappa shape index (κ2) is 6.01. The van der Waals surface area contributed by atoms with E-state index in [2.05, 4.69) is 15.5 Å². The molecule has 0 aliphatic heterocycles. The van der Waals surface area contributed by atoms with Gasteiger partial charge >= 0.3 is 0 Å². The molecule has 21 heavy (non-hydrogen) atoms. The number of fused-ring (bicyclic) bond motifs is 1. The van der Waals surface area contributed by atoms with Crippen molar-refractivity contribution < 1.29 is 13.7 Å². The molecule has 0 unspecified atom stereocenters. The topological polar surface area (TPSA) is 81.2 Å². The number of thioether (sulfide) groups is 1. The average Bonchev–Trinajstić information content (AvgIpc) is 3.08. The number of oxazole rings is 1. The third-order valence-corrected chi connectivity index (χ3v) is 3.57. The molecule has 1 N–H and O–H groups in total. The molecule has 2 heterocycles. The minimum absolute atomic E-state index is 0.108. The lowest BCUT2D eigenvalue weighted by Crippen LogP contribution is -2.24. The fourth-order valence-electron chi connectivity index (χ4n) is 1.78. The monoisotopic (exact) mass is 303 g/mol. The predicted molar refractivity (Wildman–Crippen MR) is 77.8 cm³/mol. The van der Waals surface area contributed by atoms with E-state index < -0.39 is 0 Å². The highest BCUT2D eigenvalue weighted by molar-refractivity contribution is 7.99. The zero-order chi connectivity index (χ0) is 14.7. The lowest BCUT2D eigenvalue weighted by molar-refractivity contribution is -0.118. The molecule has 0 radical (unpaired) electrons. The average molecular weight is 303 g/mol. The lowest BCUT2D eigenvalue weighted by Gasteiger charge is -2.00. The molecular formula is C14H13N3O3S. The Hall–Kier alpha value is -2.28. The molecule has 0 aliphatic rings. The first kappa shape index (κ1) is 13.7. The molecule has 0 atom stereocenters. The van der Waals surface area contributed by atoms with Crippen LogP contribution in [0.3, 0.4) is 0 Å². The van der Waals surface area contributed by atoms with Crippen LogP contribution < -0.4 is 5.32 Å². The Kier molecular flexibility index (Phi) is 3.92. The number of nitrogens with one attached hydrogen (secondary N) is 1. The fraction of sp³-hybridized carbons (Fsp3) is 0.214. The molecule has 2 aromatic heterocycles. The highest BCUT2D eigenvalue weighted by atomic mass is 32.2. The van der Waals surface area contributed by atoms with Gasteiger partial charge in [-0.05, 0) is 19.1 Å². The summed E-state index contributed by atoms with van der Waals surface area (Å²) in [6.45, 7) is 2.16. The molecule has 3 aromatic rings. The van der Waals surface area contributed by atoms with Crippen molar-refractivity contribution in [2.75, 3.05) is 5.75 Å². The van der Waals surface area contributed by atoms with E-state index in [1.165, 1.54) is 11.8 Å². The van der Waals surface area contributed by atoms with Crippen LogP contribution in [0, 0.1) is 6.92 Å². The summed E-state index contributed by atoms with van der Waals surface area (Å²) in [5.41, 5.74) is 2.21. The van der Waals surface area contributed by atoms with Crippen LogP contribution in [0.25, 0.3) is 11.1 Å². The molecule has 1 amide bonds. The van der Waals surface area contributed by atoms with Gasteiger partial charge in [-0.25, -0.2) is 4.98 Å². The normalized spacial score (nSPS) is 10.9. The second-order valence-electron chi connectivity index (χ2n) is 4.44. The van der Waals surface area contributed by atoms with Crippen LogP contribution in [0.2, 0.25) is 0 Å². The number of aromatic nitrogens is 2.